The van der Waals surface area contributed by atoms with Crippen molar-refractivity contribution in [1.29, 1.82) is 0 Å². The maximum atomic E-state index is 12.7. The quantitative estimate of drug-likeness (QED) is 0.406. The molecule has 10 heteroatoms. The lowest BCUT2D eigenvalue weighted by Gasteiger charge is -2.16. The molecule has 2 aromatic carbocycles. The van der Waals surface area contributed by atoms with Crippen LogP contribution in [0.3, 0.4) is 0 Å². The lowest BCUT2D eigenvalue weighted by Crippen LogP contribution is -2.21. The van der Waals surface area contributed by atoms with Crippen molar-refractivity contribution < 1.29 is 17.9 Å². The van der Waals surface area contributed by atoms with E-state index in [1.165, 1.54) is 24.3 Å². The third-order valence-electron chi connectivity index (χ3n) is 4.93. The first-order valence-corrected chi connectivity index (χ1v) is 12.9. The highest BCUT2D eigenvalue weighted by Gasteiger charge is 2.16. The second kappa shape index (κ2) is 10.5. The highest BCUT2D eigenvalue weighted by Crippen LogP contribution is 2.32. The smallest absolute Gasteiger partial charge is 0.263 e. The second-order valence-electron chi connectivity index (χ2n) is 8.20. The Hall–Kier alpha value is -2.98. The molecule has 1 aromatic heterocycles. The van der Waals surface area contributed by atoms with Crippen molar-refractivity contribution in [2.75, 3.05) is 16.6 Å². The van der Waals surface area contributed by atoms with Gasteiger partial charge in [-0.05, 0) is 74.2 Å². The van der Waals surface area contributed by atoms with Crippen molar-refractivity contribution in [3.63, 3.8) is 0 Å². The molecule has 3 aromatic rings. The fourth-order valence-corrected chi connectivity index (χ4v) is 4.62. The Bertz CT molecular complexity index is 1290. The average molecular weight is 547 g/mol. The number of carbonyl (C=O) groups excluding carboxylic acids is 1. The van der Waals surface area contributed by atoms with Gasteiger partial charge in [0, 0.05) is 21.9 Å². The molecule has 0 bridgehead atoms. The number of halogens is 1. The molecule has 0 spiro atoms. The lowest BCUT2D eigenvalue weighted by molar-refractivity contribution is -0.118. The molecule has 0 aliphatic heterocycles. The Balaban J connectivity index is 1.64. The molecule has 0 aliphatic rings. The summed E-state index contributed by atoms with van der Waals surface area (Å²) in [5.74, 6) is 1.21. The van der Waals surface area contributed by atoms with Crippen LogP contribution in [-0.2, 0) is 14.8 Å². The molecule has 180 valence electrons. The molecule has 0 saturated heterocycles. The molecular formula is C24H27BrN4O4S. The Morgan fingerprint density at radius 3 is 2.35 bits per heavy atom. The number of hydrogen-bond acceptors (Lipinski definition) is 6. The van der Waals surface area contributed by atoms with Gasteiger partial charge in [0.05, 0.1) is 4.90 Å². The summed E-state index contributed by atoms with van der Waals surface area (Å²) in [4.78, 5) is 20.7. The van der Waals surface area contributed by atoms with Crippen LogP contribution in [0.1, 0.15) is 42.4 Å². The first-order chi connectivity index (χ1) is 15.9. The van der Waals surface area contributed by atoms with Crippen LogP contribution in [0, 0.1) is 20.8 Å². The number of ether oxygens (including phenoxy) is 1. The summed E-state index contributed by atoms with van der Waals surface area (Å²) in [6.45, 7) is 9.35. The minimum atomic E-state index is -3.84. The second-order valence-corrected chi connectivity index (χ2v) is 10.7. The van der Waals surface area contributed by atoms with Crippen LogP contribution in [-0.4, -0.2) is 30.9 Å². The van der Waals surface area contributed by atoms with E-state index < -0.39 is 10.0 Å². The van der Waals surface area contributed by atoms with Gasteiger partial charge in [-0.2, -0.15) is 0 Å². The number of benzene rings is 2. The van der Waals surface area contributed by atoms with Crippen LogP contribution in [0.4, 0.5) is 11.5 Å². The molecule has 34 heavy (non-hydrogen) atoms. The number of anilines is 2. The van der Waals surface area contributed by atoms with E-state index >= 15 is 0 Å². The molecule has 2 N–H and O–H groups in total. The monoisotopic (exact) mass is 546 g/mol. The molecule has 1 heterocycles. The van der Waals surface area contributed by atoms with E-state index in [1.807, 2.05) is 19.1 Å². The van der Waals surface area contributed by atoms with Gasteiger partial charge in [0.25, 0.3) is 15.9 Å². The van der Waals surface area contributed by atoms with Crippen molar-refractivity contribution >= 4 is 43.4 Å². The van der Waals surface area contributed by atoms with Crippen LogP contribution < -0.4 is 14.8 Å². The molecular weight excluding hydrogens is 520 g/mol. The summed E-state index contributed by atoms with van der Waals surface area (Å²) in [5, 5.41) is 2.72. The summed E-state index contributed by atoms with van der Waals surface area (Å²) in [5.41, 5.74) is 3.13. The van der Waals surface area contributed by atoms with Crippen molar-refractivity contribution in [1.82, 2.24) is 9.97 Å². The molecule has 0 unspecified atom stereocenters. The Labute approximate surface area is 208 Å². The number of nitrogens with zero attached hydrogens (tertiary/aromatic N) is 2. The summed E-state index contributed by atoms with van der Waals surface area (Å²) in [6.07, 6.45) is 0. The third-order valence-corrected chi connectivity index (χ3v) is 7.15. The van der Waals surface area contributed by atoms with Crippen molar-refractivity contribution in [2.45, 2.75) is 45.4 Å². The predicted molar refractivity (Wildman–Crippen MR) is 136 cm³/mol. The Kier molecular flexibility index (Phi) is 7.93. The van der Waals surface area contributed by atoms with Crippen LogP contribution in [0.2, 0.25) is 0 Å². The fourth-order valence-electron chi connectivity index (χ4n) is 3.27. The SMILES string of the molecule is Cc1cc(NS(=O)(=O)c2ccc(NC(=O)COc3cc(C)c(Br)cc3C(C)C)cc2)nc(C)n1. The van der Waals surface area contributed by atoms with Gasteiger partial charge in [-0.25, -0.2) is 18.4 Å². The number of amides is 1. The summed E-state index contributed by atoms with van der Waals surface area (Å²) in [6, 6.07) is 11.3. The summed E-state index contributed by atoms with van der Waals surface area (Å²) < 4.78 is 34.6. The van der Waals surface area contributed by atoms with Gasteiger partial charge in [0.1, 0.15) is 17.4 Å². The van der Waals surface area contributed by atoms with Crippen LogP contribution in [0.5, 0.6) is 5.75 Å². The van der Waals surface area contributed by atoms with E-state index in [0.717, 1.165) is 15.6 Å². The zero-order valence-corrected chi connectivity index (χ0v) is 22.0. The normalized spacial score (nSPS) is 11.4. The summed E-state index contributed by atoms with van der Waals surface area (Å²) >= 11 is 3.53. The third kappa shape index (κ3) is 6.54. The largest absolute Gasteiger partial charge is 0.483 e. The van der Waals surface area contributed by atoms with Crippen LogP contribution >= 0.6 is 15.9 Å². The van der Waals surface area contributed by atoms with Crippen LogP contribution in [0.15, 0.2) is 51.8 Å². The van der Waals surface area contributed by atoms with E-state index in [4.69, 9.17) is 4.74 Å². The molecule has 3 rings (SSSR count). The minimum absolute atomic E-state index is 0.0441. The number of carbonyl (C=O) groups is 1. The van der Waals surface area contributed by atoms with Gasteiger partial charge >= 0.3 is 0 Å². The molecule has 0 atom stereocenters. The molecule has 0 saturated carbocycles. The number of hydrogen-bond donors (Lipinski definition) is 2. The van der Waals surface area contributed by atoms with Crippen molar-refractivity contribution in [3.05, 3.63) is 69.6 Å². The molecule has 0 aliphatic carbocycles. The average Bonchev–Trinajstić information content (AvgIpc) is 2.73. The van der Waals surface area contributed by atoms with Gasteiger partial charge in [-0.15, -0.1) is 0 Å². The number of aromatic nitrogens is 2. The van der Waals surface area contributed by atoms with Gasteiger partial charge in [-0.3, -0.25) is 9.52 Å². The molecule has 0 fully saturated rings. The van der Waals surface area contributed by atoms with E-state index in [-0.39, 0.29) is 29.1 Å². The molecule has 0 radical (unpaired) electrons. The Morgan fingerprint density at radius 1 is 1.06 bits per heavy atom. The zero-order valence-electron chi connectivity index (χ0n) is 19.6. The van der Waals surface area contributed by atoms with Gasteiger partial charge in [0.2, 0.25) is 0 Å². The highest BCUT2D eigenvalue weighted by molar-refractivity contribution is 9.10. The van der Waals surface area contributed by atoms with Gasteiger partial charge in [0.15, 0.2) is 6.61 Å². The molecule has 1 amide bonds. The van der Waals surface area contributed by atoms with E-state index in [9.17, 15) is 13.2 Å². The first-order valence-electron chi connectivity index (χ1n) is 10.6. The van der Waals surface area contributed by atoms with E-state index in [0.29, 0.717) is 23.0 Å². The number of rotatable bonds is 8. The summed E-state index contributed by atoms with van der Waals surface area (Å²) in [7, 11) is -3.84. The van der Waals surface area contributed by atoms with Gasteiger partial charge in [-0.1, -0.05) is 29.8 Å². The number of sulfonamides is 1. The van der Waals surface area contributed by atoms with Crippen LogP contribution in [0.25, 0.3) is 0 Å². The zero-order chi connectivity index (χ0) is 25.0. The number of nitrogens with one attached hydrogen (secondary N) is 2. The van der Waals surface area contributed by atoms with Crippen molar-refractivity contribution in [3.8, 4) is 5.75 Å². The maximum absolute atomic E-state index is 12.7. The molecule has 8 nitrogen and oxygen atoms in total. The van der Waals surface area contributed by atoms with Gasteiger partial charge < -0.3 is 10.1 Å². The van der Waals surface area contributed by atoms with Crippen molar-refractivity contribution in [2.24, 2.45) is 0 Å². The predicted octanol–water partition coefficient (Wildman–Crippen LogP) is 5.11. The van der Waals surface area contributed by atoms with E-state index in [1.54, 1.807) is 19.9 Å². The number of aryl methyl sites for hydroxylation is 3. The highest BCUT2D eigenvalue weighted by atomic mass is 79.9. The maximum Gasteiger partial charge on any atom is 0.263 e. The lowest BCUT2D eigenvalue weighted by atomic mass is 10.0. The van der Waals surface area contributed by atoms with E-state index in [2.05, 4.69) is 49.8 Å². The fraction of sp³-hybridized carbons (Fsp3) is 0.292. The standard InChI is InChI=1S/C24H27BrN4O4S/c1-14(2)20-12-21(25)15(3)10-22(20)33-13-24(30)28-18-6-8-19(9-7-18)34(31,32)29-23-11-16(4)26-17(5)27-23/h6-12,14H,13H2,1-5H3,(H,28,30)(H,26,27,29). The minimum Gasteiger partial charge on any atom is -0.483 e. The topological polar surface area (TPSA) is 110 Å². The Morgan fingerprint density at radius 2 is 1.74 bits per heavy atom. The first kappa shape index (κ1) is 25.6.